The van der Waals surface area contributed by atoms with E-state index in [9.17, 15) is 13.2 Å². The van der Waals surface area contributed by atoms with Crippen molar-refractivity contribution >= 4 is 33.0 Å². The van der Waals surface area contributed by atoms with E-state index in [0.29, 0.717) is 28.6 Å². The van der Waals surface area contributed by atoms with Crippen molar-refractivity contribution < 1.29 is 17.9 Å². The molecule has 1 atom stereocenters. The zero-order valence-corrected chi connectivity index (χ0v) is 16.2. The molecule has 0 radical (unpaired) electrons. The minimum absolute atomic E-state index is 0.128. The number of ether oxygens (including phenoxy) is 1. The van der Waals surface area contributed by atoms with Gasteiger partial charge in [-0.3, -0.25) is 4.79 Å². The second kappa shape index (κ2) is 8.20. The number of sulfonamides is 1. The van der Waals surface area contributed by atoms with Crippen molar-refractivity contribution in [2.75, 3.05) is 19.0 Å². The molecule has 1 aromatic heterocycles. The van der Waals surface area contributed by atoms with Crippen LogP contribution in [0.25, 0.3) is 0 Å². The Hall–Kier alpha value is -1.90. The SMILES string of the molecule is COc1ccccc1NC(=O)C[C@H]1CCCCN1S(=O)(=O)c1cccs1. The molecule has 1 N–H and O–H groups in total. The molecule has 0 bridgehead atoms. The van der Waals surface area contributed by atoms with E-state index >= 15 is 0 Å². The number of amides is 1. The number of nitrogens with zero attached hydrogens (tertiary/aromatic N) is 1. The van der Waals surface area contributed by atoms with Crippen LogP contribution in [-0.4, -0.2) is 38.3 Å². The van der Waals surface area contributed by atoms with Gasteiger partial charge in [0, 0.05) is 19.0 Å². The molecule has 1 aliphatic heterocycles. The minimum atomic E-state index is -3.55. The summed E-state index contributed by atoms with van der Waals surface area (Å²) in [6.07, 6.45) is 2.55. The van der Waals surface area contributed by atoms with Gasteiger partial charge in [0.25, 0.3) is 10.0 Å². The van der Waals surface area contributed by atoms with Gasteiger partial charge in [0.15, 0.2) is 0 Å². The number of rotatable bonds is 6. The van der Waals surface area contributed by atoms with Crippen LogP contribution in [0.2, 0.25) is 0 Å². The van der Waals surface area contributed by atoms with Crippen molar-refractivity contribution in [3.63, 3.8) is 0 Å². The van der Waals surface area contributed by atoms with E-state index < -0.39 is 10.0 Å². The van der Waals surface area contributed by atoms with Gasteiger partial charge in [0.1, 0.15) is 9.96 Å². The lowest BCUT2D eigenvalue weighted by molar-refractivity contribution is -0.117. The first-order valence-corrected chi connectivity index (χ1v) is 10.8. The largest absolute Gasteiger partial charge is 0.495 e. The molecule has 2 aromatic rings. The van der Waals surface area contributed by atoms with Crippen molar-refractivity contribution in [1.82, 2.24) is 4.31 Å². The minimum Gasteiger partial charge on any atom is -0.495 e. The van der Waals surface area contributed by atoms with Gasteiger partial charge in [-0.15, -0.1) is 11.3 Å². The molecule has 0 aliphatic carbocycles. The van der Waals surface area contributed by atoms with Crippen LogP contribution in [0.1, 0.15) is 25.7 Å². The van der Waals surface area contributed by atoms with Gasteiger partial charge < -0.3 is 10.1 Å². The highest BCUT2D eigenvalue weighted by Gasteiger charge is 2.35. The van der Waals surface area contributed by atoms with Crippen LogP contribution < -0.4 is 10.1 Å². The maximum atomic E-state index is 12.9. The van der Waals surface area contributed by atoms with Crippen molar-refractivity contribution in [1.29, 1.82) is 0 Å². The van der Waals surface area contributed by atoms with E-state index in [0.717, 1.165) is 12.8 Å². The Labute approximate surface area is 157 Å². The number of nitrogens with one attached hydrogen (secondary N) is 1. The first kappa shape index (κ1) is 18.9. The molecule has 140 valence electrons. The number of thiophene rings is 1. The summed E-state index contributed by atoms with van der Waals surface area (Å²) in [5.41, 5.74) is 0.587. The predicted molar refractivity (Wildman–Crippen MR) is 102 cm³/mol. The molecule has 1 saturated heterocycles. The summed E-state index contributed by atoms with van der Waals surface area (Å²) in [4.78, 5) is 12.5. The molecule has 8 heteroatoms. The summed E-state index contributed by atoms with van der Waals surface area (Å²) in [6, 6.07) is 10.2. The number of para-hydroxylation sites is 2. The molecule has 1 aromatic carbocycles. The third-order valence-corrected chi connectivity index (χ3v) is 7.76. The van der Waals surface area contributed by atoms with Gasteiger partial charge in [-0.05, 0) is 36.4 Å². The molecule has 0 spiro atoms. The van der Waals surface area contributed by atoms with E-state index in [1.807, 2.05) is 12.1 Å². The second-order valence-corrected chi connectivity index (χ2v) is 9.22. The highest BCUT2D eigenvalue weighted by molar-refractivity contribution is 7.91. The van der Waals surface area contributed by atoms with Crippen LogP contribution in [0.5, 0.6) is 5.75 Å². The quantitative estimate of drug-likeness (QED) is 0.815. The Morgan fingerprint density at radius 1 is 1.27 bits per heavy atom. The van der Waals surface area contributed by atoms with E-state index in [1.165, 1.54) is 15.6 Å². The molecular weight excluding hydrogens is 372 g/mol. The highest BCUT2D eigenvalue weighted by atomic mass is 32.2. The first-order valence-electron chi connectivity index (χ1n) is 8.50. The molecule has 0 unspecified atom stereocenters. The standard InChI is InChI=1S/C18H22N2O4S2/c1-24-16-9-3-2-8-15(16)19-17(21)13-14-7-4-5-11-20(14)26(22,23)18-10-6-12-25-18/h2-3,6,8-10,12,14H,4-5,7,11,13H2,1H3,(H,19,21)/t14-/m1/s1. The third-order valence-electron chi connectivity index (χ3n) is 4.43. The van der Waals surface area contributed by atoms with Crippen molar-refractivity contribution in [3.05, 3.63) is 41.8 Å². The van der Waals surface area contributed by atoms with E-state index in [-0.39, 0.29) is 18.4 Å². The molecular formula is C18H22N2O4S2. The van der Waals surface area contributed by atoms with Crippen LogP contribution >= 0.6 is 11.3 Å². The Morgan fingerprint density at radius 2 is 2.08 bits per heavy atom. The summed E-state index contributed by atoms with van der Waals surface area (Å²) < 4.78 is 32.8. The van der Waals surface area contributed by atoms with Crippen LogP contribution in [0.3, 0.4) is 0 Å². The Bertz CT molecular complexity index is 850. The fraction of sp³-hybridized carbons (Fsp3) is 0.389. The monoisotopic (exact) mass is 394 g/mol. The molecule has 1 fully saturated rings. The van der Waals surface area contributed by atoms with Crippen molar-refractivity contribution in [2.24, 2.45) is 0 Å². The topological polar surface area (TPSA) is 75.7 Å². The number of anilines is 1. The number of methoxy groups -OCH3 is 1. The molecule has 0 saturated carbocycles. The van der Waals surface area contributed by atoms with Crippen LogP contribution in [0.4, 0.5) is 5.69 Å². The smallest absolute Gasteiger partial charge is 0.252 e. The third kappa shape index (κ3) is 4.08. The maximum Gasteiger partial charge on any atom is 0.252 e. The van der Waals surface area contributed by atoms with Crippen LogP contribution in [0, 0.1) is 0 Å². The average molecular weight is 395 g/mol. The molecule has 1 amide bonds. The van der Waals surface area contributed by atoms with Gasteiger partial charge in [0.05, 0.1) is 12.8 Å². The zero-order valence-electron chi connectivity index (χ0n) is 14.6. The Kier molecular flexibility index (Phi) is 5.95. The lowest BCUT2D eigenvalue weighted by atomic mass is 10.0. The maximum absolute atomic E-state index is 12.9. The second-order valence-electron chi connectivity index (χ2n) is 6.15. The number of carbonyl (C=O) groups excluding carboxylic acids is 1. The summed E-state index contributed by atoms with van der Waals surface area (Å²) >= 11 is 1.21. The summed E-state index contributed by atoms with van der Waals surface area (Å²) in [5.74, 6) is 0.361. The van der Waals surface area contributed by atoms with Crippen LogP contribution in [0.15, 0.2) is 46.0 Å². The lowest BCUT2D eigenvalue weighted by Gasteiger charge is -2.34. The first-order chi connectivity index (χ1) is 12.5. The number of hydrogen-bond acceptors (Lipinski definition) is 5. The van der Waals surface area contributed by atoms with Crippen LogP contribution in [-0.2, 0) is 14.8 Å². The van der Waals surface area contributed by atoms with Gasteiger partial charge in [-0.25, -0.2) is 8.42 Å². The van der Waals surface area contributed by atoms with Gasteiger partial charge in [-0.2, -0.15) is 4.31 Å². The van der Waals surface area contributed by atoms with E-state index in [4.69, 9.17) is 4.74 Å². The number of carbonyl (C=O) groups is 1. The zero-order chi connectivity index (χ0) is 18.6. The summed E-state index contributed by atoms with van der Waals surface area (Å²) in [7, 11) is -2.01. The summed E-state index contributed by atoms with van der Waals surface area (Å²) in [6.45, 7) is 0.451. The summed E-state index contributed by atoms with van der Waals surface area (Å²) in [5, 5.41) is 4.58. The van der Waals surface area contributed by atoms with Gasteiger partial charge in [-0.1, -0.05) is 24.6 Å². The normalized spacial score (nSPS) is 18.4. The van der Waals surface area contributed by atoms with Gasteiger partial charge in [0.2, 0.25) is 5.91 Å². The lowest BCUT2D eigenvalue weighted by Crippen LogP contribution is -2.45. The number of hydrogen-bond donors (Lipinski definition) is 1. The Balaban J connectivity index is 1.73. The number of benzene rings is 1. The fourth-order valence-corrected chi connectivity index (χ4v) is 6.00. The van der Waals surface area contributed by atoms with E-state index in [2.05, 4.69) is 5.32 Å². The van der Waals surface area contributed by atoms with Gasteiger partial charge >= 0.3 is 0 Å². The highest BCUT2D eigenvalue weighted by Crippen LogP contribution is 2.30. The molecule has 26 heavy (non-hydrogen) atoms. The molecule has 1 aliphatic rings. The fourth-order valence-electron chi connectivity index (χ4n) is 3.18. The predicted octanol–water partition coefficient (Wildman–Crippen LogP) is 3.33. The van der Waals surface area contributed by atoms with Crippen molar-refractivity contribution in [2.45, 2.75) is 35.9 Å². The number of piperidine rings is 1. The van der Waals surface area contributed by atoms with Crippen molar-refractivity contribution in [3.8, 4) is 5.75 Å². The Morgan fingerprint density at radius 3 is 2.81 bits per heavy atom. The molecule has 6 nitrogen and oxygen atoms in total. The molecule has 2 heterocycles. The molecule has 3 rings (SSSR count). The van der Waals surface area contributed by atoms with E-state index in [1.54, 1.807) is 36.8 Å². The average Bonchev–Trinajstić information content (AvgIpc) is 3.18.